The number of halogens is 9. The lowest BCUT2D eigenvalue weighted by Gasteiger charge is -2.34. The van der Waals surface area contributed by atoms with Crippen LogP contribution >= 0.6 is 0 Å². The van der Waals surface area contributed by atoms with Gasteiger partial charge in [0.25, 0.3) is 17.5 Å². The first kappa shape index (κ1) is 31.0. The minimum absolute atomic E-state index is 0.00964. The van der Waals surface area contributed by atoms with E-state index >= 15 is 0 Å². The molecule has 2 rings (SSSR count). The molecule has 4 nitrogen and oxygen atoms in total. The molecule has 0 saturated carbocycles. The smallest absolute Gasteiger partial charge is 0.352 e. The molecule has 2 amide bonds. The monoisotopic (exact) mass is 556 g/mol. The first-order valence-corrected chi connectivity index (χ1v) is 11.2. The third-order valence-electron chi connectivity index (χ3n) is 5.87. The van der Waals surface area contributed by atoms with Crippen LogP contribution in [0.25, 0.3) is 0 Å². The van der Waals surface area contributed by atoms with Crippen molar-refractivity contribution >= 4 is 17.5 Å². The van der Waals surface area contributed by atoms with Gasteiger partial charge in [-0.05, 0) is 60.7 Å². The van der Waals surface area contributed by atoms with Crippen LogP contribution in [-0.4, -0.2) is 30.1 Å². The zero-order valence-corrected chi connectivity index (χ0v) is 20.7. The Morgan fingerprint density at radius 2 is 1.45 bits per heavy atom. The highest BCUT2D eigenvalue weighted by Gasteiger charge is 2.70. The Labute approximate surface area is 212 Å². The highest BCUT2D eigenvalue weighted by Crippen LogP contribution is 2.53. The van der Waals surface area contributed by atoms with Crippen LogP contribution in [0.3, 0.4) is 0 Å². The van der Waals surface area contributed by atoms with Crippen molar-refractivity contribution in [3.8, 4) is 0 Å². The van der Waals surface area contributed by atoms with Crippen LogP contribution in [0, 0.1) is 13.8 Å². The maximum Gasteiger partial charge on any atom is 0.432 e. The van der Waals surface area contributed by atoms with Crippen molar-refractivity contribution < 1.29 is 49.1 Å². The highest BCUT2D eigenvalue weighted by molar-refractivity contribution is 6.05. The van der Waals surface area contributed by atoms with E-state index in [1.54, 1.807) is 6.92 Å². The van der Waals surface area contributed by atoms with E-state index in [9.17, 15) is 49.1 Å². The van der Waals surface area contributed by atoms with E-state index in [0.29, 0.717) is 23.3 Å². The number of aryl methyl sites for hydroxylation is 3. The van der Waals surface area contributed by atoms with E-state index in [4.69, 9.17) is 0 Å². The predicted octanol–water partition coefficient (Wildman–Crippen LogP) is 7.07. The van der Waals surface area contributed by atoms with Gasteiger partial charge in [-0.2, -0.15) is 26.3 Å². The molecule has 13 heteroatoms. The molecule has 0 aromatic heterocycles. The van der Waals surface area contributed by atoms with Gasteiger partial charge in [0, 0.05) is 30.3 Å². The van der Waals surface area contributed by atoms with E-state index < -0.39 is 47.7 Å². The number of hydrogen-bond acceptors (Lipinski definition) is 2. The Balaban J connectivity index is 2.32. The second-order valence-electron chi connectivity index (χ2n) is 8.89. The fraction of sp³-hybridized carbons (Fsp3) is 0.440. The van der Waals surface area contributed by atoms with Gasteiger partial charge in [-0.25, -0.2) is 13.2 Å². The number of benzene rings is 2. The molecule has 38 heavy (non-hydrogen) atoms. The van der Waals surface area contributed by atoms with Crippen molar-refractivity contribution in [2.24, 2.45) is 0 Å². The number of hydrogen-bond donors (Lipinski definition) is 2. The maximum absolute atomic E-state index is 14.9. The molecule has 1 unspecified atom stereocenters. The Morgan fingerprint density at radius 3 is 1.92 bits per heavy atom. The minimum atomic E-state index is -5.92. The van der Waals surface area contributed by atoms with Gasteiger partial charge in [-0.15, -0.1) is 0 Å². The van der Waals surface area contributed by atoms with Crippen molar-refractivity contribution in [2.45, 2.75) is 71.0 Å². The fourth-order valence-corrected chi connectivity index (χ4v) is 3.84. The van der Waals surface area contributed by atoms with Gasteiger partial charge in [-0.3, -0.25) is 9.59 Å². The Kier molecular flexibility index (Phi) is 8.85. The number of rotatable bonds is 8. The van der Waals surface area contributed by atoms with Gasteiger partial charge in [0.2, 0.25) is 5.91 Å². The molecule has 2 aromatic rings. The molecule has 0 aliphatic heterocycles. The van der Waals surface area contributed by atoms with Crippen molar-refractivity contribution in [3.05, 3.63) is 63.7 Å². The molecular formula is C25H25F9N2O2. The number of amides is 2. The van der Waals surface area contributed by atoms with Crippen LogP contribution in [0.1, 0.15) is 58.4 Å². The van der Waals surface area contributed by atoms with Crippen LogP contribution in [0.4, 0.5) is 45.2 Å². The van der Waals surface area contributed by atoms with Gasteiger partial charge in [0.1, 0.15) is 6.42 Å². The summed E-state index contributed by atoms with van der Waals surface area (Å²) in [5, 5.41) is 4.62. The molecule has 0 heterocycles. The molecule has 0 aliphatic carbocycles. The predicted molar refractivity (Wildman–Crippen MR) is 122 cm³/mol. The van der Waals surface area contributed by atoms with Gasteiger partial charge >= 0.3 is 12.4 Å². The largest absolute Gasteiger partial charge is 0.432 e. The lowest BCUT2D eigenvalue weighted by Crippen LogP contribution is -2.51. The molecule has 0 aliphatic rings. The van der Waals surface area contributed by atoms with Crippen molar-refractivity contribution in [1.29, 1.82) is 0 Å². The van der Waals surface area contributed by atoms with E-state index in [1.165, 1.54) is 32.0 Å². The van der Waals surface area contributed by atoms with E-state index in [1.807, 2.05) is 0 Å². The SMILES string of the molecule is CCc1cc(C(F)(C(C)(F)F)C(F)(F)F)cc(C)c1NC(=O)c1ccc(CNC(=O)CC(F)(F)F)c(C)c1. The quantitative estimate of drug-likeness (QED) is 0.342. The summed E-state index contributed by atoms with van der Waals surface area (Å²) in [6, 6.07) is 5.35. The summed E-state index contributed by atoms with van der Waals surface area (Å²) in [5.74, 6) is -6.75. The van der Waals surface area contributed by atoms with Crippen molar-refractivity contribution in [2.75, 3.05) is 5.32 Å². The molecule has 210 valence electrons. The summed E-state index contributed by atoms with van der Waals surface area (Å²) in [6.07, 6.45) is -12.3. The lowest BCUT2D eigenvalue weighted by atomic mass is 9.86. The topological polar surface area (TPSA) is 58.2 Å². The second-order valence-corrected chi connectivity index (χ2v) is 8.89. The normalized spacial score (nSPS) is 14.1. The first-order chi connectivity index (χ1) is 17.2. The number of carbonyl (C=O) groups is 2. The number of anilines is 1. The Hall–Kier alpha value is -3.25. The average molecular weight is 556 g/mol. The number of nitrogens with one attached hydrogen (secondary N) is 2. The Morgan fingerprint density at radius 1 is 0.842 bits per heavy atom. The molecule has 0 radical (unpaired) electrons. The van der Waals surface area contributed by atoms with Crippen LogP contribution in [-0.2, 0) is 23.4 Å². The molecule has 0 bridgehead atoms. The molecular weight excluding hydrogens is 531 g/mol. The van der Waals surface area contributed by atoms with Gasteiger partial charge in [0.05, 0.1) is 0 Å². The van der Waals surface area contributed by atoms with Gasteiger partial charge < -0.3 is 10.6 Å². The molecule has 0 fully saturated rings. The molecule has 1 atom stereocenters. The first-order valence-electron chi connectivity index (χ1n) is 11.2. The summed E-state index contributed by atoms with van der Waals surface area (Å²) < 4.78 is 120. The number of carbonyl (C=O) groups excluding carboxylic acids is 2. The second kappa shape index (κ2) is 10.9. The van der Waals surface area contributed by atoms with E-state index in [2.05, 4.69) is 10.6 Å². The zero-order chi connectivity index (χ0) is 29.3. The molecule has 0 saturated heterocycles. The highest BCUT2D eigenvalue weighted by atomic mass is 19.4. The van der Waals surface area contributed by atoms with Crippen LogP contribution in [0.2, 0.25) is 0 Å². The maximum atomic E-state index is 14.9. The van der Waals surface area contributed by atoms with Gasteiger partial charge in [-0.1, -0.05) is 19.1 Å². The lowest BCUT2D eigenvalue weighted by molar-refractivity contribution is -0.304. The van der Waals surface area contributed by atoms with Crippen LogP contribution < -0.4 is 10.6 Å². The van der Waals surface area contributed by atoms with Crippen LogP contribution in [0.5, 0.6) is 0 Å². The van der Waals surface area contributed by atoms with E-state index in [0.717, 1.165) is 0 Å². The molecule has 0 spiro atoms. The third kappa shape index (κ3) is 6.79. The summed E-state index contributed by atoms with van der Waals surface area (Å²) in [4.78, 5) is 24.2. The average Bonchev–Trinajstić information content (AvgIpc) is 2.75. The van der Waals surface area contributed by atoms with Crippen molar-refractivity contribution in [3.63, 3.8) is 0 Å². The minimum Gasteiger partial charge on any atom is -0.352 e. The summed E-state index contributed by atoms with van der Waals surface area (Å²) in [7, 11) is 0. The van der Waals surface area contributed by atoms with Crippen molar-refractivity contribution in [1.82, 2.24) is 5.32 Å². The van der Waals surface area contributed by atoms with Crippen LogP contribution in [0.15, 0.2) is 30.3 Å². The summed E-state index contributed by atoms with van der Waals surface area (Å²) >= 11 is 0. The Bertz CT molecular complexity index is 1190. The zero-order valence-electron chi connectivity index (χ0n) is 20.7. The van der Waals surface area contributed by atoms with E-state index in [-0.39, 0.29) is 42.3 Å². The summed E-state index contributed by atoms with van der Waals surface area (Å²) in [6.45, 7) is 3.88. The van der Waals surface area contributed by atoms with Gasteiger partial charge in [0.15, 0.2) is 0 Å². The number of alkyl halides is 9. The fourth-order valence-electron chi connectivity index (χ4n) is 3.84. The standard InChI is InChI=1S/C25H25F9N2O2/c1-5-15-10-18(24(31,22(4,26)27)25(32,33)34)9-14(3)20(15)36-21(38)16-6-7-17(13(2)8-16)12-35-19(37)11-23(28,29)30/h6-10H,5,11-12H2,1-4H3,(H,35,37)(H,36,38). The molecule has 2 aromatic carbocycles. The molecule has 2 N–H and O–H groups in total. The third-order valence-corrected chi connectivity index (χ3v) is 5.87. The summed E-state index contributed by atoms with van der Waals surface area (Å²) in [5.41, 5.74) is -5.38.